The van der Waals surface area contributed by atoms with Crippen molar-refractivity contribution in [2.45, 2.75) is 25.5 Å². The smallest absolute Gasteiger partial charge is 0.181 e. The average Bonchev–Trinajstić information content (AvgIpc) is 2.88. The minimum Gasteiger partial charge on any atom is -0.318 e. The van der Waals surface area contributed by atoms with E-state index in [4.69, 9.17) is 4.18 Å². The molecule has 1 aliphatic heterocycles. The van der Waals surface area contributed by atoms with Crippen LogP contribution < -0.4 is 10.7 Å². The summed E-state index contributed by atoms with van der Waals surface area (Å²) in [5.41, 5.74) is 7.23. The van der Waals surface area contributed by atoms with E-state index in [1.54, 1.807) is 12.0 Å². The van der Waals surface area contributed by atoms with E-state index >= 15 is 0 Å². The number of likely N-dealkylation sites (N-methyl/N-ethyl adjacent to an activating group) is 2. The molecule has 1 saturated heterocycles. The highest BCUT2D eigenvalue weighted by atomic mass is 32.2. The summed E-state index contributed by atoms with van der Waals surface area (Å²) in [5, 5.41) is 5.44. The van der Waals surface area contributed by atoms with Crippen LogP contribution in [0.15, 0.2) is 59.3 Å². The Kier molecular flexibility index (Phi) is 6.14. The molecule has 4 nitrogen and oxygen atoms in total. The first-order valence-electron chi connectivity index (χ1n) is 8.70. The van der Waals surface area contributed by atoms with Gasteiger partial charge in [-0.15, -0.1) is 0 Å². The van der Waals surface area contributed by atoms with Crippen molar-refractivity contribution >= 4 is 12.0 Å². The van der Waals surface area contributed by atoms with Crippen molar-refractivity contribution in [1.82, 2.24) is 15.8 Å². The highest BCUT2D eigenvalue weighted by Gasteiger charge is 2.48. The monoisotopic (exact) mass is 345 g/mol. The van der Waals surface area contributed by atoms with E-state index in [2.05, 4.69) is 65.2 Å². The first-order chi connectivity index (χ1) is 11.8. The summed E-state index contributed by atoms with van der Waals surface area (Å²) in [6.07, 6.45) is 17.4. The minimum absolute atomic E-state index is 0.340. The van der Waals surface area contributed by atoms with Crippen LogP contribution in [0, 0.1) is 0 Å². The molecular weight excluding hydrogens is 318 g/mol. The van der Waals surface area contributed by atoms with Crippen LogP contribution in [0.1, 0.15) is 19.8 Å². The molecule has 3 rings (SSSR count). The number of hydrazine groups is 1. The summed E-state index contributed by atoms with van der Waals surface area (Å²) < 4.78 is 6.10. The second-order valence-corrected chi connectivity index (χ2v) is 6.82. The molecule has 0 aromatic heterocycles. The van der Waals surface area contributed by atoms with Gasteiger partial charge in [0.05, 0.1) is 5.75 Å². The van der Waals surface area contributed by atoms with Gasteiger partial charge in [0.2, 0.25) is 0 Å². The first-order valence-corrected chi connectivity index (χ1v) is 9.61. The van der Waals surface area contributed by atoms with E-state index in [1.165, 1.54) is 16.7 Å². The third-order valence-electron chi connectivity index (χ3n) is 4.62. The van der Waals surface area contributed by atoms with Crippen LogP contribution in [0.4, 0.5) is 0 Å². The standard InChI is InChI=1S/C19H27N3OS/c1-3-22(21-13-12-20-2)19(15-24-23-19)18-11-7-10-16-8-5-4-6-9-17(16)14-18/h4-5,7-11,20-21H,3,6,12-15H2,1-2H3. The zero-order chi connectivity index (χ0) is 16.8. The Morgan fingerprint density at radius 2 is 2.17 bits per heavy atom. The number of hydrogen-bond donors (Lipinski definition) is 2. The SMILES string of the molecule is CCN(NCCNC)C1(C2=CC=CC3=CC=CCC=C3C2)CSO1. The Morgan fingerprint density at radius 3 is 2.88 bits per heavy atom. The highest BCUT2D eigenvalue weighted by molar-refractivity contribution is 7.95. The fraction of sp³-hybridized carbons (Fsp3) is 0.474. The summed E-state index contributed by atoms with van der Waals surface area (Å²) in [6, 6.07) is 0. The Balaban J connectivity index is 1.81. The van der Waals surface area contributed by atoms with Crippen LogP contribution in [-0.2, 0) is 4.18 Å². The first kappa shape index (κ1) is 17.7. The Hall–Kier alpha value is -1.11. The molecule has 1 atom stereocenters. The lowest BCUT2D eigenvalue weighted by atomic mass is 9.93. The van der Waals surface area contributed by atoms with Crippen molar-refractivity contribution < 1.29 is 4.18 Å². The maximum Gasteiger partial charge on any atom is 0.181 e. The van der Waals surface area contributed by atoms with Gasteiger partial charge in [0.1, 0.15) is 0 Å². The molecular formula is C19H27N3OS. The molecule has 1 unspecified atom stereocenters. The highest BCUT2D eigenvalue weighted by Crippen LogP contribution is 2.45. The lowest BCUT2D eigenvalue weighted by Gasteiger charge is -2.49. The number of nitrogens with one attached hydrogen (secondary N) is 2. The van der Waals surface area contributed by atoms with E-state index in [0.717, 1.165) is 38.2 Å². The molecule has 0 aromatic rings. The molecule has 0 bridgehead atoms. The van der Waals surface area contributed by atoms with E-state index in [9.17, 15) is 0 Å². The molecule has 5 heteroatoms. The quantitative estimate of drug-likeness (QED) is 0.421. The molecule has 0 amide bonds. The lowest BCUT2D eigenvalue weighted by Crippen LogP contribution is -2.63. The van der Waals surface area contributed by atoms with Crippen molar-refractivity contribution in [3.63, 3.8) is 0 Å². The zero-order valence-corrected chi connectivity index (χ0v) is 15.4. The molecule has 1 fully saturated rings. The summed E-state index contributed by atoms with van der Waals surface area (Å²) in [7, 11) is 1.97. The second-order valence-electron chi connectivity index (χ2n) is 6.13. The molecule has 130 valence electrons. The third kappa shape index (κ3) is 3.60. The fourth-order valence-corrected chi connectivity index (χ4v) is 4.13. The van der Waals surface area contributed by atoms with Crippen molar-refractivity contribution in [2.24, 2.45) is 0 Å². The predicted molar refractivity (Wildman–Crippen MR) is 102 cm³/mol. The van der Waals surface area contributed by atoms with Gasteiger partial charge in [-0.3, -0.25) is 9.61 Å². The van der Waals surface area contributed by atoms with Crippen molar-refractivity contribution in [3.8, 4) is 0 Å². The maximum absolute atomic E-state index is 6.10. The van der Waals surface area contributed by atoms with Gasteiger partial charge in [0.25, 0.3) is 0 Å². The lowest BCUT2D eigenvalue weighted by molar-refractivity contribution is -0.0778. The summed E-state index contributed by atoms with van der Waals surface area (Å²) in [4.78, 5) is 0. The summed E-state index contributed by atoms with van der Waals surface area (Å²) in [5.74, 6) is 0.956. The molecule has 1 heterocycles. The van der Waals surface area contributed by atoms with Gasteiger partial charge < -0.3 is 5.32 Å². The van der Waals surface area contributed by atoms with E-state index in [0.29, 0.717) is 0 Å². The predicted octanol–water partition coefficient (Wildman–Crippen LogP) is 3.11. The van der Waals surface area contributed by atoms with E-state index in [1.807, 2.05) is 7.05 Å². The molecule has 2 aliphatic carbocycles. The minimum atomic E-state index is -0.340. The van der Waals surface area contributed by atoms with Crippen molar-refractivity contribution in [3.05, 3.63) is 59.3 Å². The number of fused-ring (bicyclic) bond motifs is 1. The van der Waals surface area contributed by atoms with Crippen LogP contribution in [0.3, 0.4) is 0 Å². The van der Waals surface area contributed by atoms with Crippen LogP contribution in [0.2, 0.25) is 0 Å². The number of rotatable bonds is 7. The Labute approximate surface area is 149 Å². The Bertz CT molecular complexity index is 600. The fourth-order valence-electron chi connectivity index (χ4n) is 3.25. The van der Waals surface area contributed by atoms with Crippen molar-refractivity contribution in [2.75, 3.05) is 32.4 Å². The van der Waals surface area contributed by atoms with Crippen LogP contribution in [-0.4, -0.2) is 43.2 Å². The van der Waals surface area contributed by atoms with Crippen LogP contribution >= 0.6 is 12.0 Å². The molecule has 2 N–H and O–H groups in total. The largest absolute Gasteiger partial charge is 0.318 e. The molecule has 0 aromatic carbocycles. The maximum atomic E-state index is 6.10. The van der Waals surface area contributed by atoms with Crippen LogP contribution in [0.25, 0.3) is 0 Å². The topological polar surface area (TPSA) is 36.5 Å². The molecule has 24 heavy (non-hydrogen) atoms. The molecule has 0 saturated carbocycles. The molecule has 0 spiro atoms. The molecule has 0 radical (unpaired) electrons. The van der Waals surface area contributed by atoms with E-state index in [-0.39, 0.29) is 5.72 Å². The van der Waals surface area contributed by atoms with Crippen molar-refractivity contribution in [1.29, 1.82) is 0 Å². The van der Waals surface area contributed by atoms with Gasteiger partial charge in [0, 0.05) is 19.6 Å². The second kappa shape index (κ2) is 8.32. The van der Waals surface area contributed by atoms with Gasteiger partial charge in [-0.2, -0.15) is 0 Å². The third-order valence-corrected chi connectivity index (χ3v) is 5.52. The Morgan fingerprint density at radius 1 is 1.29 bits per heavy atom. The van der Waals surface area contributed by atoms with Crippen LogP contribution in [0.5, 0.6) is 0 Å². The number of nitrogens with zero attached hydrogens (tertiary/aromatic N) is 1. The van der Waals surface area contributed by atoms with Gasteiger partial charge >= 0.3 is 0 Å². The van der Waals surface area contributed by atoms with E-state index < -0.39 is 0 Å². The molecule has 3 aliphatic rings. The zero-order valence-electron chi connectivity index (χ0n) is 14.5. The normalized spacial score (nSPS) is 26.0. The van der Waals surface area contributed by atoms with Gasteiger partial charge in [-0.1, -0.05) is 49.5 Å². The summed E-state index contributed by atoms with van der Waals surface area (Å²) in [6.45, 7) is 4.89. The van der Waals surface area contributed by atoms with Gasteiger partial charge in [0.15, 0.2) is 5.72 Å². The number of hydrogen-bond acceptors (Lipinski definition) is 5. The number of allylic oxidation sites excluding steroid dienone is 9. The van der Waals surface area contributed by atoms with Gasteiger partial charge in [-0.05, 0) is 48.7 Å². The summed E-state index contributed by atoms with van der Waals surface area (Å²) >= 11 is 1.55. The average molecular weight is 346 g/mol. The van der Waals surface area contributed by atoms with Gasteiger partial charge in [-0.25, -0.2) is 5.01 Å².